The van der Waals surface area contributed by atoms with Crippen molar-refractivity contribution >= 4 is 28.4 Å². The number of carbonyl (C=O) groups is 1. The Morgan fingerprint density at radius 3 is 2.58 bits per heavy atom. The second kappa shape index (κ2) is 11.1. The van der Waals surface area contributed by atoms with E-state index in [0.29, 0.717) is 44.0 Å². The lowest BCUT2D eigenvalue weighted by Gasteiger charge is -2.35. The van der Waals surface area contributed by atoms with Gasteiger partial charge in [-0.25, -0.2) is 9.40 Å². The van der Waals surface area contributed by atoms with Gasteiger partial charge in [0, 0.05) is 55.9 Å². The Hall–Kier alpha value is -3.42. The number of ether oxygens (including phenoxy) is 1. The van der Waals surface area contributed by atoms with Crippen molar-refractivity contribution in [1.29, 1.82) is 0 Å². The van der Waals surface area contributed by atoms with Crippen LogP contribution in [-0.2, 0) is 0 Å². The second-order valence-corrected chi connectivity index (χ2v) is 10.1. The third kappa shape index (κ3) is 5.84. The Kier molecular flexibility index (Phi) is 7.68. The summed E-state index contributed by atoms with van der Waals surface area (Å²) in [5, 5.41) is 12.2. The monoisotopic (exact) mass is 538 g/mol. The summed E-state index contributed by atoms with van der Waals surface area (Å²) in [6.07, 6.45) is 8.07. The number of terminal acetylenes is 1. The summed E-state index contributed by atoms with van der Waals surface area (Å²) in [7, 11) is 0. The zero-order chi connectivity index (χ0) is 26.8. The summed E-state index contributed by atoms with van der Waals surface area (Å²) >= 11 is 5.96. The third-order valence-corrected chi connectivity index (χ3v) is 7.11. The zero-order valence-electron chi connectivity index (χ0n) is 20.7. The molecule has 0 bridgehead atoms. The maximum Gasteiger partial charge on any atom is 0.271 e. The van der Waals surface area contributed by atoms with Gasteiger partial charge in [0.25, 0.3) is 5.91 Å². The number of carbonyl (C=O) groups excluding carboxylic acids is 1. The van der Waals surface area contributed by atoms with Crippen molar-refractivity contribution in [1.82, 2.24) is 19.9 Å². The number of nitrogens with one attached hydrogen (secondary N) is 1. The smallest absolute Gasteiger partial charge is 0.271 e. The molecule has 10 heteroatoms. The van der Waals surface area contributed by atoms with E-state index in [0.717, 1.165) is 24.5 Å². The predicted octanol–water partition coefficient (Wildman–Crippen LogP) is 2.81. The van der Waals surface area contributed by atoms with Crippen LogP contribution < -0.4 is 15.6 Å². The van der Waals surface area contributed by atoms with E-state index >= 15 is 0 Å². The van der Waals surface area contributed by atoms with Crippen molar-refractivity contribution in [2.45, 2.75) is 25.0 Å². The molecule has 1 saturated heterocycles. The van der Waals surface area contributed by atoms with Crippen LogP contribution in [0.4, 0.5) is 4.39 Å². The van der Waals surface area contributed by atoms with Gasteiger partial charge in [0.15, 0.2) is 0 Å². The van der Waals surface area contributed by atoms with Crippen LogP contribution in [0.1, 0.15) is 34.8 Å². The molecule has 198 valence electrons. The standard InChI is InChI=1S/C28H28ClFN4O4/c1-2-18-3-7-21(8-4-18)38-17-20(35)15-32-9-11-33(12-10-32)31-28(37)23-16-34(19-5-6-19)26-14-24(29)25(30)13-22(26)27(23)36/h1,3-4,7-8,13-14,16,19-20,35H,5-6,9-12,15,17H2,(H,31,37)/t20-/m1/s1. The van der Waals surface area contributed by atoms with Crippen LogP contribution >= 0.6 is 11.6 Å². The van der Waals surface area contributed by atoms with Crippen molar-refractivity contribution in [3.8, 4) is 18.1 Å². The number of benzene rings is 2. The minimum Gasteiger partial charge on any atom is -0.491 e. The van der Waals surface area contributed by atoms with E-state index in [1.54, 1.807) is 35.5 Å². The number of aliphatic hydroxyl groups excluding tert-OH is 1. The number of fused-ring (bicyclic) bond motifs is 1. The van der Waals surface area contributed by atoms with Crippen LogP contribution in [0.3, 0.4) is 0 Å². The molecule has 1 amide bonds. The van der Waals surface area contributed by atoms with Gasteiger partial charge in [-0.05, 0) is 49.2 Å². The summed E-state index contributed by atoms with van der Waals surface area (Å²) in [6, 6.07) is 9.81. The Morgan fingerprint density at radius 2 is 1.92 bits per heavy atom. The number of aromatic nitrogens is 1. The third-order valence-electron chi connectivity index (χ3n) is 6.82. The summed E-state index contributed by atoms with van der Waals surface area (Å²) in [5.74, 6) is 1.96. The second-order valence-electron chi connectivity index (χ2n) is 9.66. The molecule has 0 unspecified atom stereocenters. The number of nitrogens with zero attached hydrogens (tertiary/aromatic N) is 3. The number of halogens is 2. The van der Waals surface area contributed by atoms with Crippen molar-refractivity contribution in [3.05, 3.63) is 74.8 Å². The van der Waals surface area contributed by atoms with Crippen molar-refractivity contribution in [2.75, 3.05) is 39.3 Å². The Labute approximate surface area is 224 Å². The molecular weight excluding hydrogens is 511 g/mol. The van der Waals surface area contributed by atoms with Crippen LogP contribution in [-0.4, -0.2) is 70.9 Å². The van der Waals surface area contributed by atoms with Crippen LogP contribution in [0, 0.1) is 18.2 Å². The van der Waals surface area contributed by atoms with Crippen molar-refractivity contribution in [3.63, 3.8) is 0 Å². The van der Waals surface area contributed by atoms with E-state index in [-0.39, 0.29) is 28.6 Å². The number of hydrazine groups is 1. The maximum absolute atomic E-state index is 14.1. The molecule has 2 fully saturated rings. The van der Waals surface area contributed by atoms with Gasteiger partial charge in [0.1, 0.15) is 29.8 Å². The number of pyridine rings is 1. The number of aliphatic hydroxyl groups is 1. The lowest BCUT2D eigenvalue weighted by atomic mass is 10.1. The molecule has 2 aromatic carbocycles. The molecule has 0 spiro atoms. The molecule has 2 aliphatic rings. The van der Waals surface area contributed by atoms with Gasteiger partial charge in [0.2, 0.25) is 5.43 Å². The lowest BCUT2D eigenvalue weighted by molar-refractivity contribution is 0.0316. The first-order valence-electron chi connectivity index (χ1n) is 12.5. The molecule has 1 atom stereocenters. The van der Waals surface area contributed by atoms with Crippen LogP contribution in [0.5, 0.6) is 5.75 Å². The molecular formula is C28H28ClFN4O4. The van der Waals surface area contributed by atoms with Gasteiger partial charge in [-0.2, -0.15) is 0 Å². The number of hydrogen-bond donors (Lipinski definition) is 2. The molecule has 1 aliphatic carbocycles. The number of amides is 1. The summed E-state index contributed by atoms with van der Waals surface area (Å²) in [5.41, 5.74) is 3.55. The van der Waals surface area contributed by atoms with Gasteiger partial charge >= 0.3 is 0 Å². The van der Waals surface area contributed by atoms with Gasteiger partial charge < -0.3 is 14.4 Å². The molecule has 0 radical (unpaired) electrons. The topological polar surface area (TPSA) is 87.0 Å². The molecule has 3 aromatic rings. The van der Waals surface area contributed by atoms with Crippen LogP contribution in [0.15, 0.2) is 47.4 Å². The molecule has 38 heavy (non-hydrogen) atoms. The van der Waals surface area contributed by atoms with Crippen molar-refractivity contribution in [2.24, 2.45) is 0 Å². The summed E-state index contributed by atoms with van der Waals surface area (Å²) in [6.45, 7) is 2.83. The van der Waals surface area contributed by atoms with E-state index in [4.69, 9.17) is 22.8 Å². The van der Waals surface area contributed by atoms with Gasteiger partial charge in [-0.1, -0.05) is 17.5 Å². The highest BCUT2D eigenvalue weighted by Gasteiger charge is 2.28. The number of rotatable bonds is 8. The number of piperazine rings is 1. The van der Waals surface area contributed by atoms with E-state index in [2.05, 4.69) is 16.2 Å². The Bertz CT molecular complexity index is 1440. The first kappa shape index (κ1) is 26.2. The van der Waals surface area contributed by atoms with E-state index in [9.17, 15) is 19.1 Å². The molecule has 1 aromatic heterocycles. The minimum absolute atomic E-state index is 0.0311. The van der Waals surface area contributed by atoms with E-state index in [1.807, 2.05) is 4.57 Å². The molecule has 5 rings (SSSR count). The molecule has 1 saturated carbocycles. The minimum atomic E-state index is -0.693. The maximum atomic E-state index is 14.1. The Morgan fingerprint density at radius 1 is 1.21 bits per heavy atom. The Balaban J connectivity index is 1.16. The average molecular weight is 539 g/mol. The first-order valence-corrected chi connectivity index (χ1v) is 12.9. The number of β-amino-alcohol motifs (C(OH)–C–C–N with tert-alkyl or cyclic N) is 1. The largest absolute Gasteiger partial charge is 0.491 e. The highest BCUT2D eigenvalue weighted by molar-refractivity contribution is 6.31. The fraction of sp³-hybridized carbons (Fsp3) is 0.357. The van der Waals surface area contributed by atoms with Gasteiger partial charge in [-0.15, -0.1) is 6.42 Å². The molecule has 2 heterocycles. The van der Waals surface area contributed by atoms with Crippen molar-refractivity contribution < 1.29 is 19.0 Å². The van der Waals surface area contributed by atoms with Crippen LogP contribution in [0.2, 0.25) is 5.02 Å². The van der Waals surface area contributed by atoms with Crippen LogP contribution in [0.25, 0.3) is 10.9 Å². The molecule has 2 N–H and O–H groups in total. The fourth-order valence-corrected chi connectivity index (χ4v) is 4.76. The zero-order valence-corrected chi connectivity index (χ0v) is 21.5. The first-order chi connectivity index (χ1) is 18.3. The van der Waals surface area contributed by atoms with Gasteiger partial charge in [-0.3, -0.25) is 19.9 Å². The predicted molar refractivity (Wildman–Crippen MR) is 143 cm³/mol. The van der Waals surface area contributed by atoms with Gasteiger partial charge in [0.05, 0.1) is 10.5 Å². The quantitative estimate of drug-likeness (QED) is 0.429. The highest BCUT2D eigenvalue weighted by atomic mass is 35.5. The normalized spacial score (nSPS) is 17.2. The average Bonchev–Trinajstić information content (AvgIpc) is 3.76. The lowest BCUT2D eigenvalue weighted by Crippen LogP contribution is -2.55. The summed E-state index contributed by atoms with van der Waals surface area (Å²) < 4.78 is 21.6. The number of hydrogen-bond acceptors (Lipinski definition) is 6. The SMILES string of the molecule is C#Cc1ccc(OC[C@H](O)CN2CCN(NC(=O)c3cn(C4CC4)c4cc(Cl)c(F)cc4c3=O)CC2)cc1. The fourth-order valence-electron chi connectivity index (χ4n) is 4.60. The molecule has 8 nitrogen and oxygen atoms in total. The van der Waals surface area contributed by atoms with E-state index < -0.39 is 23.3 Å². The van der Waals surface area contributed by atoms with E-state index in [1.165, 1.54) is 6.07 Å². The molecule has 1 aliphatic heterocycles. The summed E-state index contributed by atoms with van der Waals surface area (Å²) in [4.78, 5) is 28.2. The highest BCUT2D eigenvalue weighted by Crippen LogP contribution is 2.37.